The number of hydrogen-bond donors (Lipinski definition) is 2. The zero-order chi connectivity index (χ0) is 13.1. The molecule has 2 aliphatic heterocycles. The van der Waals surface area contributed by atoms with Crippen molar-refractivity contribution in [3.8, 4) is 0 Å². The van der Waals surface area contributed by atoms with Gasteiger partial charge in [-0.1, -0.05) is 6.92 Å². The molecule has 0 amide bonds. The van der Waals surface area contributed by atoms with Gasteiger partial charge < -0.3 is 15.2 Å². The lowest BCUT2D eigenvalue weighted by Crippen LogP contribution is -2.45. The van der Waals surface area contributed by atoms with Gasteiger partial charge in [-0.05, 0) is 32.7 Å². The predicted octanol–water partition coefficient (Wildman–Crippen LogP) is 0.849. The van der Waals surface area contributed by atoms with Crippen LogP contribution in [0.1, 0.15) is 33.1 Å². The first-order chi connectivity index (χ1) is 8.55. The van der Waals surface area contributed by atoms with Crippen LogP contribution in [0.25, 0.3) is 0 Å². The molecule has 0 aliphatic carbocycles. The Morgan fingerprint density at radius 3 is 2.78 bits per heavy atom. The third-order valence-corrected chi connectivity index (χ3v) is 4.20. The van der Waals surface area contributed by atoms with Crippen molar-refractivity contribution in [1.29, 1.82) is 0 Å². The number of rotatable bonds is 6. The lowest BCUT2D eigenvalue weighted by molar-refractivity contribution is 0.0575. The number of β-amino-alcohol motifs (C(OH)–C–C–N with tert-alkyl or cyclic N) is 1. The molecule has 2 rings (SSSR count). The van der Waals surface area contributed by atoms with Crippen LogP contribution in [0.15, 0.2) is 0 Å². The van der Waals surface area contributed by atoms with Gasteiger partial charge in [0.1, 0.15) is 0 Å². The first-order valence-corrected chi connectivity index (χ1v) is 7.29. The second kappa shape index (κ2) is 5.87. The lowest BCUT2D eigenvalue weighted by Gasteiger charge is -2.33. The van der Waals surface area contributed by atoms with Crippen LogP contribution in [0.4, 0.5) is 0 Å². The summed E-state index contributed by atoms with van der Waals surface area (Å²) in [7, 11) is 0. The molecule has 18 heavy (non-hydrogen) atoms. The van der Waals surface area contributed by atoms with Crippen molar-refractivity contribution in [2.24, 2.45) is 5.41 Å². The molecule has 0 aromatic heterocycles. The standard InChI is InChI=1S/C14H28N2O2/c1-3-6-15-9-14(5-8-18-12-14)11-16-7-4-13(2,17)10-16/h15,17H,3-12H2,1-2H3. The topological polar surface area (TPSA) is 44.7 Å². The second-order valence-electron chi connectivity index (χ2n) is 6.44. The van der Waals surface area contributed by atoms with Gasteiger partial charge in [-0.25, -0.2) is 0 Å². The molecule has 2 saturated heterocycles. The molecule has 106 valence electrons. The summed E-state index contributed by atoms with van der Waals surface area (Å²) in [4.78, 5) is 2.41. The van der Waals surface area contributed by atoms with Gasteiger partial charge in [0.25, 0.3) is 0 Å². The van der Waals surface area contributed by atoms with Gasteiger partial charge in [-0.3, -0.25) is 4.90 Å². The van der Waals surface area contributed by atoms with Crippen LogP contribution in [-0.4, -0.2) is 61.5 Å². The molecule has 4 heteroatoms. The lowest BCUT2D eigenvalue weighted by atomic mass is 9.86. The van der Waals surface area contributed by atoms with Gasteiger partial charge in [0.15, 0.2) is 0 Å². The molecule has 4 nitrogen and oxygen atoms in total. The van der Waals surface area contributed by atoms with Crippen molar-refractivity contribution in [3.63, 3.8) is 0 Å². The Morgan fingerprint density at radius 1 is 1.39 bits per heavy atom. The smallest absolute Gasteiger partial charge is 0.0758 e. The molecular formula is C14H28N2O2. The summed E-state index contributed by atoms with van der Waals surface area (Å²) >= 11 is 0. The molecule has 0 aromatic carbocycles. The Kier molecular flexibility index (Phi) is 4.64. The highest BCUT2D eigenvalue weighted by Gasteiger charge is 2.40. The summed E-state index contributed by atoms with van der Waals surface area (Å²) in [6.07, 6.45) is 3.21. The summed E-state index contributed by atoms with van der Waals surface area (Å²) in [5.74, 6) is 0. The SMILES string of the molecule is CCCNCC1(CN2CCC(C)(O)C2)CCOC1. The van der Waals surface area contributed by atoms with Gasteiger partial charge in [0, 0.05) is 38.2 Å². The average Bonchev–Trinajstić information content (AvgIpc) is 2.87. The molecule has 2 heterocycles. The van der Waals surface area contributed by atoms with Gasteiger partial charge in [-0.15, -0.1) is 0 Å². The van der Waals surface area contributed by atoms with Crippen molar-refractivity contribution in [3.05, 3.63) is 0 Å². The third kappa shape index (κ3) is 3.67. The monoisotopic (exact) mass is 256 g/mol. The van der Waals surface area contributed by atoms with E-state index in [1.165, 1.54) is 6.42 Å². The van der Waals surface area contributed by atoms with E-state index >= 15 is 0 Å². The van der Waals surface area contributed by atoms with Crippen molar-refractivity contribution in [2.75, 3.05) is 45.9 Å². The predicted molar refractivity (Wildman–Crippen MR) is 72.7 cm³/mol. The fourth-order valence-corrected chi connectivity index (χ4v) is 3.15. The van der Waals surface area contributed by atoms with Gasteiger partial charge in [-0.2, -0.15) is 0 Å². The number of nitrogens with one attached hydrogen (secondary N) is 1. The van der Waals surface area contributed by atoms with Crippen LogP contribution in [0.3, 0.4) is 0 Å². The first-order valence-electron chi connectivity index (χ1n) is 7.29. The highest BCUT2D eigenvalue weighted by atomic mass is 16.5. The van der Waals surface area contributed by atoms with E-state index in [1.54, 1.807) is 0 Å². The minimum absolute atomic E-state index is 0.260. The summed E-state index contributed by atoms with van der Waals surface area (Å²) in [5, 5.41) is 13.6. The van der Waals surface area contributed by atoms with E-state index in [-0.39, 0.29) is 5.41 Å². The molecule has 2 aliphatic rings. The van der Waals surface area contributed by atoms with Gasteiger partial charge in [0.2, 0.25) is 0 Å². The number of likely N-dealkylation sites (tertiary alicyclic amines) is 1. The van der Waals surface area contributed by atoms with Crippen LogP contribution >= 0.6 is 0 Å². The van der Waals surface area contributed by atoms with E-state index in [1.807, 2.05) is 6.92 Å². The normalized spacial score (nSPS) is 37.5. The maximum Gasteiger partial charge on any atom is 0.0758 e. The van der Waals surface area contributed by atoms with Crippen molar-refractivity contribution in [1.82, 2.24) is 10.2 Å². The number of ether oxygens (including phenoxy) is 1. The number of nitrogens with zero attached hydrogens (tertiary/aromatic N) is 1. The van der Waals surface area contributed by atoms with Crippen LogP contribution < -0.4 is 5.32 Å². The molecule has 2 N–H and O–H groups in total. The van der Waals surface area contributed by atoms with Gasteiger partial charge >= 0.3 is 0 Å². The molecule has 0 saturated carbocycles. The van der Waals surface area contributed by atoms with Crippen LogP contribution in [0.5, 0.6) is 0 Å². The van der Waals surface area contributed by atoms with Crippen molar-refractivity contribution < 1.29 is 9.84 Å². The molecule has 2 fully saturated rings. The molecule has 0 aromatic rings. The zero-order valence-electron chi connectivity index (χ0n) is 11.9. The molecule has 2 unspecified atom stereocenters. The number of aliphatic hydroxyl groups is 1. The summed E-state index contributed by atoms with van der Waals surface area (Å²) in [5.41, 5.74) is -0.229. The van der Waals surface area contributed by atoms with E-state index in [9.17, 15) is 5.11 Å². The first kappa shape index (κ1) is 14.3. The second-order valence-corrected chi connectivity index (χ2v) is 6.44. The Hall–Kier alpha value is -0.160. The van der Waals surface area contributed by atoms with Crippen molar-refractivity contribution >= 4 is 0 Å². The van der Waals surface area contributed by atoms with Crippen LogP contribution in [-0.2, 0) is 4.74 Å². The van der Waals surface area contributed by atoms with E-state index in [4.69, 9.17) is 4.74 Å². The number of hydrogen-bond acceptors (Lipinski definition) is 4. The summed E-state index contributed by atoms with van der Waals surface area (Å²) < 4.78 is 5.62. The Bertz CT molecular complexity index is 263. The van der Waals surface area contributed by atoms with Crippen LogP contribution in [0.2, 0.25) is 0 Å². The summed E-state index contributed by atoms with van der Waals surface area (Å²) in [6.45, 7) is 10.9. The van der Waals surface area contributed by atoms with E-state index in [0.717, 1.165) is 58.8 Å². The summed E-state index contributed by atoms with van der Waals surface area (Å²) in [6, 6.07) is 0. The highest BCUT2D eigenvalue weighted by Crippen LogP contribution is 2.32. The fraction of sp³-hybridized carbons (Fsp3) is 1.00. The van der Waals surface area contributed by atoms with Gasteiger partial charge in [0.05, 0.1) is 12.2 Å². The average molecular weight is 256 g/mol. The van der Waals surface area contributed by atoms with E-state index < -0.39 is 5.60 Å². The zero-order valence-corrected chi connectivity index (χ0v) is 11.9. The minimum atomic E-state index is -0.489. The largest absolute Gasteiger partial charge is 0.389 e. The quantitative estimate of drug-likeness (QED) is 0.692. The minimum Gasteiger partial charge on any atom is -0.389 e. The fourth-order valence-electron chi connectivity index (χ4n) is 3.15. The molecule has 0 spiro atoms. The maximum atomic E-state index is 10.0. The van der Waals surface area contributed by atoms with Crippen molar-refractivity contribution in [2.45, 2.75) is 38.7 Å². The molecular weight excluding hydrogens is 228 g/mol. The highest BCUT2D eigenvalue weighted by molar-refractivity contribution is 4.93. The Balaban J connectivity index is 1.86. The molecule has 0 radical (unpaired) electrons. The Morgan fingerprint density at radius 2 is 2.22 bits per heavy atom. The molecule has 0 bridgehead atoms. The van der Waals surface area contributed by atoms with E-state index in [0.29, 0.717) is 0 Å². The third-order valence-electron chi connectivity index (χ3n) is 4.20. The van der Waals surface area contributed by atoms with E-state index in [2.05, 4.69) is 17.1 Å². The van der Waals surface area contributed by atoms with Crippen LogP contribution in [0, 0.1) is 5.41 Å². The Labute approximate surface area is 111 Å². The molecule has 2 atom stereocenters. The maximum absolute atomic E-state index is 10.0.